The van der Waals surface area contributed by atoms with Gasteiger partial charge in [0.15, 0.2) is 0 Å². The predicted molar refractivity (Wildman–Crippen MR) is 90.7 cm³/mol. The maximum atomic E-state index is 10.6. The lowest BCUT2D eigenvalue weighted by molar-refractivity contribution is 0.422. The Morgan fingerprint density at radius 3 is 1.90 bits per heavy atom. The highest BCUT2D eigenvalue weighted by Gasteiger charge is 2.26. The molecule has 2 N–H and O–H groups in total. The SMILES string of the molecule is C#CCCNCc1cc(C(C)(C)C)c(O)c(C(C)(C)C)c1. The summed E-state index contributed by atoms with van der Waals surface area (Å²) in [7, 11) is 0. The third kappa shape index (κ3) is 4.79. The molecule has 0 heterocycles. The smallest absolute Gasteiger partial charge is 0.123 e. The number of nitrogens with one attached hydrogen (secondary N) is 1. The van der Waals surface area contributed by atoms with Crippen LogP contribution in [0.1, 0.15) is 64.7 Å². The highest BCUT2D eigenvalue weighted by Crippen LogP contribution is 2.39. The Morgan fingerprint density at radius 2 is 1.52 bits per heavy atom. The average molecular weight is 287 g/mol. The van der Waals surface area contributed by atoms with Crippen molar-refractivity contribution in [1.82, 2.24) is 5.32 Å². The van der Waals surface area contributed by atoms with Gasteiger partial charge in [-0.1, -0.05) is 53.7 Å². The number of hydrogen-bond donors (Lipinski definition) is 2. The van der Waals surface area contributed by atoms with Crippen molar-refractivity contribution < 1.29 is 5.11 Å². The van der Waals surface area contributed by atoms with Crippen molar-refractivity contribution in [3.8, 4) is 18.1 Å². The van der Waals surface area contributed by atoms with Crippen LogP contribution >= 0.6 is 0 Å². The van der Waals surface area contributed by atoms with E-state index >= 15 is 0 Å². The minimum atomic E-state index is -0.0844. The van der Waals surface area contributed by atoms with Gasteiger partial charge < -0.3 is 10.4 Å². The van der Waals surface area contributed by atoms with Gasteiger partial charge in [0, 0.05) is 19.5 Å². The summed E-state index contributed by atoms with van der Waals surface area (Å²) in [6.07, 6.45) is 6.00. The van der Waals surface area contributed by atoms with Crippen LogP contribution in [-0.4, -0.2) is 11.7 Å². The predicted octanol–water partition coefficient (Wildman–Crippen LogP) is 4.10. The van der Waals surface area contributed by atoms with E-state index in [-0.39, 0.29) is 10.8 Å². The van der Waals surface area contributed by atoms with E-state index in [1.807, 2.05) is 0 Å². The van der Waals surface area contributed by atoms with Crippen molar-refractivity contribution in [3.05, 3.63) is 28.8 Å². The molecule has 0 saturated heterocycles. The molecule has 0 aliphatic heterocycles. The Bertz CT molecular complexity index is 489. The zero-order valence-corrected chi connectivity index (χ0v) is 14.3. The topological polar surface area (TPSA) is 32.3 Å². The lowest BCUT2D eigenvalue weighted by atomic mass is 9.78. The zero-order chi connectivity index (χ0) is 16.3. The zero-order valence-electron chi connectivity index (χ0n) is 14.3. The van der Waals surface area contributed by atoms with Gasteiger partial charge in [-0.15, -0.1) is 12.3 Å². The molecule has 1 aromatic carbocycles. The van der Waals surface area contributed by atoms with Crippen molar-refractivity contribution in [3.63, 3.8) is 0 Å². The molecule has 2 heteroatoms. The fourth-order valence-corrected chi connectivity index (χ4v) is 2.33. The second kappa shape index (κ2) is 6.54. The van der Waals surface area contributed by atoms with E-state index in [0.29, 0.717) is 5.75 Å². The molecule has 21 heavy (non-hydrogen) atoms. The van der Waals surface area contributed by atoms with Gasteiger partial charge in [0.1, 0.15) is 5.75 Å². The Hall–Kier alpha value is -1.46. The van der Waals surface area contributed by atoms with Crippen molar-refractivity contribution in [1.29, 1.82) is 0 Å². The van der Waals surface area contributed by atoms with Gasteiger partial charge in [0.2, 0.25) is 0 Å². The van der Waals surface area contributed by atoms with Gasteiger partial charge in [-0.3, -0.25) is 0 Å². The van der Waals surface area contributed by atoms with Crippen LogP contribution in [0.2, 0.25) is 0 Å². The molecule has 0 atom stereocenters. The van der Waals surface area contributed by atoms with Crippen LogP contribution in [0.5, 0.6) is 5.75 Å². The van der Waals surface area contributed by atoms with Crippen molar-refractivity contribution in [2.24, 2.45) is 0 Å². The van der Waals surface area contributed by atoms with Crippen LogP contribution in [0, 0.1) is 12.3 Å². The molecule has 0 aromatic heterocycles. The Morgan fingerprint density at radius 1 is 1.05 bits per heavy atom. The maximum absolute atomic E-state index is 10.6. The molecule has 1 aromatic rings. The van der Waals surface area contributed by atoms with E-state index in [1.54, 1.807) is 0 Å². The summed E-state index contributed by atoms with van der Waals surface area (Å²) in [5.74, 6) is 3.06. The summed E-state index contributed by atoms with van der Waals surface area (Å²) in [4.78, 5) is 0. The first-order chi connectivity index (χ1) is 9.57. The van der Waals surface area contributed by atoms with E-state index in [2.05, 4.69) is 64.9 Å². The molecule has 0 saturated carbocycles. The maximum Gasteiger partial charge on any atom is 0.123 e. The summed E-state index contributed by atoms with van der Waals surface area (Å²) in [5, 5.41) is 14.0. The van der Waals surface area contributed by atoms with E-state index in [0.717, 1.165) is 30.6 Å². The molecule has 0 unspecified atom stereocenters. The molecule has 1 rings (SSSR count). The number of aromatic hydroxyl groups is 1. The third-order valence-corrected chi connectivity index (χ3v) is 3.56. The lowest BCUT2D eigenvalue weighted by Gasteiger charge is -2.28. The Balaban J connectivity index is 3.19. The van der Waals surface area contributed by atoms with Gasteiger partial charge in [0.25, 0.3) is 0 Å². The molecule has 0 spiro atoms. The second-order valence-corrected chi connectivity index (χ2v) is 7.67. The monoisotopic (exact) mass is 287 g/mol. The summed E-state index contributed by atoms with van der Waals surface area (Å²) in [5.41, 5.74) is 3.03. The van der Waals surface area contributed by atoms with Crippen LogP contribution in [0.3, 0.4) is 0 Å². The van der Waals surface area contributed by atoms with Crippen LogP contribution in [-0.2, 0) is 17.4 Å². The highest BCUT2D eigenvalue weighted by molar-refractivity contribution is 5.49. The molecule has 0 radical (unpaired) electrons. The fourth-order valence-electron chi connectivity index (χ4n) is 2.33. The van der Waals surface area contributed by atoms with Crippen LogP contribution < -0.4 is 5.32 Å². The fraction of sp³-hybridized carbons (Fsp3) is 0.579. The Kier molecular flexibility index (Phi) is 5.48. The number of hydrogen-bond acceptors (Lipinski definition) is 2. The molecule has 0 bridgehead atoms. The minimum Gasteiger partial charge on any atom is -0.507 e. The van der Waals surface area contributed by atoms with E-state index in [1.165, 1.54) is 5.56 Å². The first-order valence-corrected chi connectivity index (χ1v) is 7.58. The molecule has 0 aliphatic rings. The van der Waals surface area contributed by atoms with E-state index in [4.69, 9.17) is 6.42 Å². The lowest BCUT2D eigenvalue weighted by Crippen LogP contribution is -2.20. The van der Waals surface area contributed by atoms with Crippen molar-refractivity contribution in [2.45, 2.75) is 65.3 Å². The second-order valence-electron chi connectivity index (χ2n) is 7.67. The molecular weight excluding hydrogens is 258 g/mol. The summed E-state index contributed by atoms with van der Waals surface area (Å²) in [6, 6.07) is 4.21. The van der Waals surface area contributed by atoms with Crippen molar-refractivity contribution >= 4 is 0 Å². The van der Waals surface area contributed by atoms with Crippen LogP contribution in [0.4, 0.5) is 0 Å². The molecule has 0 amide bonds. The van der Waals surface area contributed by atoms with E-state index < -0.39 is 0 Å². The highest BCUT2D eigenvalue weighted by atomic mass is 16.3. The summed E-state index contributed by atoms with van der Waals surface area (Å²) < 4.78 is 0. The normalized spacial score (nSPS) is 12.2. The Labute approximate surface area is 130 Å². The van der Waals surface area contributed by atoms with Gasteiger partial charge in [-0.05, 0) is 27.5 Å². The summed E-state index contributed by atoms with van der Waals surface area (Å²) in [6.45, 7) is 14.4. The molecule has 2 nitrogen and oxygen atoms in total. The van der Waals surface area contributed by atoms with E-state index in [9.17, 15) is 5.11 Å². The quantitative estimate of drug-likeness (QED) is 0.645. The first kappa shape index (κ1) is 17.6. The standard InChI is InChI=1S/C19H29NO/c1-8-9-10-20-13-14-11-15(18(2,3)4)17(21)16(12-14)19(5,6)7/h1,11-12,20-21H,9-10,13H2,2-7H3. The number of benzene rings is 1. The average Bonchev–Trinajstić information content (AvgIpc) is 2.33. The molecular formula is C19H29NO. The number of rotatable bonds is 4. The van der Waals surface area contributed by atoms with Gasteiger partial charge in [0.05, 0.1) is 0 Å². The number of phenols is 1. The largest absolute Gasteiger partial charge is 0.507 e. The van der Waals surface area contributed by atoms with Gasteiger partial charge in [-0.2, -0.15) is 0 Å². The number of terminal acetylenes is 1. The van der Waals surface area contributed by atoms with Crippen LogP contribution in [0.25, 0.3) is 0 Å². The molecule has 116 valence electrons. The van der Waals surface area contributed by atoms with Crippen LogP contribution in [0.15, 0.2) is 12.1 Å². The summed E-state index contributed by atoms with van der Waals surface area (Å²) >= 11 is 0. The third-order valence-electron chi connectivity index (χ3n) is 3.56. The van der Waals surface area contributed by atoms with Crippen molar-refractivity contribution in [2.75, 3.05) is 6.54 Å². The first-order valence-electron chi connectivity index (χ1n) is 7.58. The minimum absolute atomic E-state index is 0.0844. The van der Waals surface area contributed by atoms with Gasteiger partial charge >= 0.3 is 0 Å². The number of phenolic OH excluding ortho intramolecular Hbond substituents is 1. The van der Waals surface area contributed by atoms with Gasteiger partial charge in [-0.25, -0.2) is 0 Å². The molecule has 0 aliphatic carbocycles. The molecule has 0 fully saturated rings.